The summed E-state index contributed by atoms with van der Waals surface area (Å²) in [7, 11) is 0. The summed E-state index contributed by atoms with van der Waals surface area (Å²) < 4.78 is 12.6. The van der Waals surface area contributed by atoms with Gasteiger partial charge in [-0.1, -0.05) is 6.07 Å². The van der Waals surface area contributed by atoms with Crippen molar-refractivity contribution in [3.8, 4) is 11.5 Å². The molecule has 0 radical (unpaired) electrons. The topological polar surface area (TPSA) is 58.9 Å². The zero-order chi connectivity index (χ0) is 25.5. The standard InChI is InChI=1S/C34H44O4/c35-3-5-37-28-2-1-27-13-30(38-6-4-36)32(34-18-24-10-25(19-34)12-26(11-24)20-34)31(29(27)14-28)33-15-21-7-22(16-33)9-23(8-21)17-33/h1-2,13-14,21-26,35-36H,3-12,15-20H2. The van der Waals surface area contributed by atoms with E-state index in [1.54, 1.807) is 11.1 Å². The summed E-state index contributed by atoms with van der Waals surface area (Å²) in [4.78, 5) is 0. The van der Waals surface area contributed by atoms with Gasteiger partial charge in [0.1, 0.15) is 24.7 Å². The molecule has 0 aliphatic heterocycles. The Labute approximate surface area is 227 Å². The van der Waals surface area contributed by atoms with Crippen LogP contribution < -0.4 is 9.47 Å². The van der Waals surface area contributed by atoms with Gasteiger partial charge in [0.05, 0.1) is 13.2 Å². The molecule has 38 heavy (non-hydrogen) atoms. The number of hydrogen-bond donors (Lipinski definition) is 2. The van der Waals surface area contributed by atoms with Gasteiger partial charge in [0.25, 0.3) is 0 Å². The largest absolute Gasteiger partial charge is 0.491 e. The van der Waals surface area contributed by atoms with E-state index in [2.05, 4.69) is 24.3 Å². The molecule has 2 aromatic carbocycles. The average molecular weight is 517 g/mol. The van der Waals surface area contributed by atoms with Gasteiger partial charge in [-0.05, 0) is 153 Å². The number of aliphatic hydroxyl groups is 2. The lowest BCUT2D eigenvalue weighted by molar-refractivity contribution is -0.0179. The third-order valence-electron chi connectivity index (χ3n) is 11.9. The van der Waals surface area contributed by atoms with E-state index in [4.69, 9.17) is 9.47 Å². The molecule has 8 aliphatic carbocycles. The highest BCUT2D eigenvalue weighted by molar-refractivity contribution is 5.91. The zero-order valence-corrected chi connectivity index (χ0v) is 22.8. The van der Waals surface area contributed by atoms with Crippen molar-refractivity contribution in [2.24, 2.45) is 35.5 Å². The van der Waals surface area contributed by atoms with Crippen molar-refractivity contribution in [1.29, 1.82) is 0 Å². The van der Waals surface area contributed by atoms with Crippen LogP contribution in [0.1, 0.15) is 88.2 Å². The molecule has 0 amide bonds. The summed E-state index contributed by atoms with van der Waals surface area (Å²) in [5.74, 6) is 7.16. The Kier molecular flexibility index (Phi) is 5.61. The highest BCUT2D eigenvalue weighted by Gasteiger charge is 2.58. The molecule has 8 fully saturated rings. The second-order valence-corrected chi connectivity index (χ2v) is 14.5. The number of ether oxygens (including phenoxy) is 2. The Hall–Kier alpha value is -1.78. The Morgan fingerprint density at radius 2 is 1.08 bits per heavy atom. The maximum atomic E-state index is 9.82. The molecule has 8 saturated carbocycles. The van der Waals surface area contributed by atoms with Crippen LogP contribution in [0.15, 0.2) is 24.3 Å². The summed E-state index contributed by atoms with van der Waals surface area (Å²) in [6.07, 6.45) is 16.6. The van der Waals surface area contributed by atoms with Gasteiger partial charge < -0.3 is 19.7 Å². The predicted octanol–water partition coefficient (Wildman–Crippen LogP) is 6.52. The van der Waals surface area contributed by atoms with Crippen molar-refractivity contribution < 1.29 is 19.7 Å². The van der Waals surface area contributed by atoms with Crippen LogP contribution in [-0.4, -0.2) is 36.6 Å². The van der Waals surface area contributed by atoms with Crippen LogP contribution in [-0.2, 0) is 10.8 Å². The Bertz CT molecular complexity index is 1160. The molecular formula is C34H44O4. The number of rotatable bonds is 8. The smallest absolute Gasteiger partial charge is 0.124 e. The Balaban J connectivity index is 1.39. The Morgan fingerprint density at radius 1 is 0.605 bits per heavy atom. The number of aliphatic hydroxyl groups excluding tert-OH is 2. The second-order valence-electron chi connectivity index (χ2n) is 14.5. The molecule has 4 heteroatoms. The fourth-order valence-corrected chi connectivity index (χ4v) is 11.8. The van der Waals surface area contributed by atoms with Gasteiger partial charge in [-0.3, -0.25) is 0 Å². The van der Waals surface area contributed by atoms with Gasteiger partial charge >= 0.3 is 0 Å². The minimum Gasteiger partial charge on any atom is -0.491 e. The third kappa shape index (κ3) is 3.69. The van der Waals surface area contributed by atoms with Crippen molar-refractivity contribution in [1.82, 2.24) is 0 Å². The SMILES string of the molecule is OCCOc1ccc2cc(OCCO)c(C34CC5CC(CC(C5)C3)C4)c(C34CC5CC(CC(C5)C3)C4)c2c1. The van der Waals surface area contributed by atoms with Gasteiger partial charge in [0, 0.05) is 11.0 Å². The van der Waals surface area contributed by atoms with Crippen LogP contribution in [0.25, 0.3) is 10.8 Å². The van der Waals surface area contributed by atoms with E-state index in [1.807, 2.05) is 0 Å². The van der Waals surface area contributed by atoms with Crippen molar-refractivity contribution in [3.63, 3.8) is 0 Å². The van der Waals surface area contributed by atoms with Crippen LogP contribution in [0.4, 0.5) is 0 Å². The fraction of sp³-hybridized carbons (Fsp3) is 0.706. The van der Waals surface area contributed by atoms with Crippen LogP contribution in [0.5, 0.6) is 11.5 Å². The first-order valence-corrected chi connectivity index (χ1v) is 15.7. The number of hydrogen-bond acceptors (Lipinski definition) is 4. The number of fused-ring (bicyclic) bond motifs is 1. The van der Waals surface area contributed by atoms with E-state index in [-0.39, 0.29) is 24.0 Å². The summed E-state index contributed by atoms with van der Waals surface area (Å²) in [6, 6.07) is 8.88. The first-order chi connectivity index (χ1) is 18.6. The van der Waals surface area contributed by atoms with Crippen molar-refractivity contribution >= 4 is 10.8 Å². The van der Waals surface area contributed by atoms with Gasteiger partial charge in [-0.25, -0.2) is 0 Å². The molecule has 0 spiro atoms. The van der Waals surface area contributed by atoms with E-state index in [0.29, 0.717) is 13.2 Å². The minimum atomic E-state index is 0.0341. The molecule has 0 aromatic heterocycles. The van der Waals surface area contributed by atoms with E-state index >= 15 is 0 Å². The molecule has 4 nitrogen and oxygen atoms in total. The maximum Gasteiger partial charge on any atom is 0.124 e. The summed E-state index contributed by atoms with van der Waals surface area (Å²) >= 11 is 0. The molecule has 8 aliphatic rings. The summed E-state index contributed by atoms with van der Waals surface area (Å²) in [5, 5.41) is 21.9. The fourth-order valence-electron chi connectivity index (χ4n) is 11.8. The first kappa shape index (κ1) is 24.1. The number of benzene rings is 2. The predicted molar refractivity (Wildman–Crippen MR) is 149 cm³/mol. The van der Waals surface area contributed by atoms with E-state index in [0.717, 1.165) is 47.0 Å². The lowest BCUT2D eigenvalue weighted by Gasteiger charge is -2.61. The maximum absolute atomic E-state index is 9.82. The second kappa shape index (κ2) is 8.86. The van der Waals surface area contributed by atoms with Crippen molar-refractivity contribution in [2.45, 2.75) is 87.9 Å². The summed E-state index contributed by atoms with van der Waals surface area (Å²) in [5.41, 5.74) is 3.63. The molecule has 8 bridgehead atoms. The molecule has 0 heterocycles. The van der Waals surface area contributed by atoms with Gasteiger partial charge in [-0.2, -0.15) is 0 Å². The monoisotopic (exact) mass is 516 g/mol. The molecule has 0 saturated heterocycles. The van der Waals surface area contributed by atoms with E-state index < -0.39 is 0 Å². The average Bonchev–Trinajstić information content (AvgIpc) is 2.88. The third-order valence-corrected chi connectivity index (χ3v) is 11.9. The van der Waals surface area contributed by atoms with Crippen LogP contribution in [0.2, 0.25) is 0 Å². The highest BCUT2D eigenvalue weighted by Crippen LogP contribution is 2.67. The normalized spacial score (nSPS) is 40.3. The lowest BCUT2D eigenvalue weighted by atomic mass is 9.43. The quantitative estimate of drug-likeness (QED) is 0.420. The minimum absolute atomic E-state index is 0.0341. The summed E-state index contributed by atoms with van der Waals surface area (Å²) in [6.45, 7) is 0.784. The molecular weight excluding hydrogens is 472 g/mol. The molecule has 0 atom stereocenters. The lowest BCUT2D eigenvalue weighted by Crippen LogP contribution is -2.52. The van der Waals surface area contributed by atoms with Gasteiger partial charge in [0.15, 0.2) is 0 Å². The van der Waals surface area contributed by atoms with Crippen LogP contribution >= 0.6 is 0 Å². The van der Waals surface area contributed by atoms with Gasteiger partial charge in [0.2, 0.25) is 0 Å². The van der Waals surface area contributed by atoms with Crippen LogP contribution in [0.3, 0.4) is 0 Å². The van der Waals surface area contributed by atoms with E-state index in [9.17, 15) is 10.2 Å². The highest BCUT2D eigenvalue weighted by atomic mass is 16.5. The molecule has 204 valence electrons. The molecule has 10 rings (SSSR count). The van der Waals surface area contributed by atoms with E-state index in [1.165, 1.54) is 87.8 Å². The Morgan fingerprint density at radius 3 is 1.58 bits per heavy atom. The zero-order valence-electron chi connectivity index (χ0n) is 22.8. The van der Waals surface area contributed by atoms with Gasteiger partial charge in [-0.15, -0.1) is 0 Å². The van der Waals surface area contributed by atoms with Crippen molar-refractivity contribution in [2.75, 3.05) is 26.4 Å². The van der Waals surface area contributed by atoms with Crippen LogP contribution in [0, 0.1) is 35.5 Å². The molecule has 0 unspecified atom stereocenters. The molecule has 2 aromatic rings. The first-order valence-electron chi connectivity index (χ1n) is 15.7. The molecule has 2 N–H and O–H groups in total. The van der Waals surface area contributed by atoms with Crippen molar-refractivity contribution in [3.05, 3.63) is 35.4 Å².